The monoisotopic (exact) mass is 436 g/mol. The van der Waals surface area contributed by atoms with Crippen LogP contribution in [0.25, 0.3) is 5.69 Å². The minimum absolute atomic E-state index is 0.0113. The van der Waals surface area contributed by atoms with Crippen LogP contribution < -0.4 is 5.32 Å². The van der Waals surface area contributed by atoms with E-state index in [1.54, 1.807) is 18.3 Å². The number of aromatic nitrogens is 2. The van der Waals surface area contributed by atoms with Crippen molar-refractivity contribution in [3.8, 4) is 5.69 Å². The Kier molecular flexibility index (Phi) is 5.75. The maximum atomic E-state index is 11.2. The lowest BCUT2D eigenvalue weighted by molar-refractivity contribution is 0.0697. The van der Waals surface area contributed by atoms with Gasteiger partial charge in [-0.15, -0.1) is 0 Å². The number of benzene rings is 1. The molecule has 2 atom stereocenters. The molecule has 0 radical (unpaired) electrons. The molecule has 1 aliphatic rings. The summed E-state index contributed by atoms with van der Waals surface area (Å²) in [6, 6.07) is 14.5. The lowest BCUT2D eigenvalue weighted by Gasteiger charge is -2.27. The SMILES string of the molecule is Cc1cc([C@H]2[C@H](c3ccccn3)NC(=S)N2CCO)c(C)n1-c1ccc(C(=O)O)cc1. The molecule has 0 amide bonds. The summed E-state index contributed by atoms with van der Waals surface area (Å²) in [4.78, 5) is 17.7. The normalized spacial score (nSPS) is 18.3. The lowest BCUT2D eigenvalue weighted by atomic mass is 9.97. The van der Waals surface area contributed by atoms with Crippen LogP contribution in [0.1, 0.15) is 45.1 Å². The van der Waals surface area contributed by atoms with Gasteiger partial charge in [-0.3, -0.25) is 4.98 Å². The molecule has 1 aliphatic heterocycles. The number of carbonyl (C=O) groups is 1. The van der Waals surface area contributed by atoms with E-state index in [4.69, 9.17) is 12.2 Å². The first kappa shape index (κ1) is 21.0. The Labute approximate surface area is 186 Å². The van der Waals surface area contributed by atoms with E-state index in [2.05, 4.69) is 20.9 Å². The number of hydrogen-bond acceptors (Lipinski definition) is 4. The van der Waals surface area contributed by atoms with Gasteiger partial charge in [0.1, 0.15) is 0 Å². The van der Waals surface area contributed by atoms with Crippen LogP contribution in [-0.2, 0) is 0 Å². The third-order valence-corrected chi connectivity index (χ3v) is 6.05. The van der Waals surface area contributed by atoms with E-state index in [1.807, 2.05) is 49.1 Å². The molecule has 1 saturated heterocycles. The first-order valence-electron chi connectivity index (χ1n) is 10.0. The van der Waals surface area contributed by atoms with Gasteiger partial charge in [-0.05, 0) is 74.1 Å². The van der Waals surface area contributed by atoms with Crippen molar-refractivity contribution < 1.29 is 15.0 Å². The van der Waals surface area contributed by atoms with E-state index in [-0.39, 0.29) is 24.3 Å². The number of aryl methyl sites for hydroxylation is 1. The summed E-state index contributed by atoms with van der Waals surface area (Å²) < 4.78 is 2.11. The highest BCUT2D eigenvalue weighted by Gasteiger charge is 2.41. The molecule has 0 unspecified atom stereocenters. The molecule has 7 nitrogen and oxygen atoms in total. The summed E-state index contributed by atoms with van der Waals surface area (Å²) in [5, 5.41) is 22.8. The fraction of sp³-hybridized carbons (Fsp3) is 0.261. The number of aliphatic hydroxyl groups excluding tert-OH is 1. The topological polar surface area (TPSA) is 90.6 Å². The third kappa shape index (κ3) is 3.80. The minimum Gasteiger partial charge on any atom is -0.478 e. The number of hydrogen-bond donors (Lipinski definition) is 3. The summed E-state index contributed by atoms with van der Waals surface area (Å²) in [5.74, 6) is -0.948. The highest BCUT2D eigenvalue weighted by molar-refractivity contribution is 7.80. The van der Waals surface area contributed by atoms with Crippen molar-refractivity contribution in [2.45, 2.75) is 25.9 Å². The van der Waals surface area contributed by atoms with Gasteiger partial charge in [-0.25, -0.2) is 4.79 Å². The van der Waals surface area contributed by atoms with Crippen LogP contribution >= 0.6 is 12.2 Å². The van der Waals surface area contributed by atoms with Crippen LogP contribution in [0.3, 0.4) is 0 Å². The second kappa shape index (κ2) is 8.49. The molecule has 0 bridgehead atoms. The molecule has 31 heavy (non-hydrogen) atoms. The number of carboxylic acid groups (broad SMARTS) is 1. The largest absolute Gasteiger partial charge is 0.478 e. The van der Waals surface area contributed by atoms with E-state index in [1.165, 1.54) is 0 Å². The smallest absolute Gasteiger partial charge is 0.335 e. The molecule has 160 valence electrons. The predicted octanol–water partition coefficient (Wildman–Crippen LogP) is 3.15. The second-order valence-electron chi connectivity index (χ2n) is 7.56. The molecule has 4 rings (SSSR count). The zero-order valence-corrected chi connectivity index (χ0v) is 18.1. The quantitative estimate of drug-likeness (QED) is 0.512. The van der Waals surface area contributed by atoms with Crippen LogP contribution in [0.4, 0.5) is 0 Å². The Morgan fingerprint density at radius 3 is 2.55 bits per heavy atom. The maximum Gasteiger partial charge on any atom is 0.335 e. The summed E-state index contributed by atoms with van der Waals surface area (Å²) in [6.45, 7) is 4.47. The van der Waals surface area contributed by atoms with Crippen molar-refractivity contribution in [2.75, 3.05) is 13.2 Å². The van der Waals surface area contributed by atoms with Gasteiger partial charge in [-0.1, -0.05) is 6.07 Å². The number of pyridine rings is 1. The van der Waals surface area contributed by atoms with E-state index in [0.29, 0.717) is 11.7 Å². The molecule has 0 aliphatic carbocycles. The molecule has 0 saturated carbocycles. The second-order valence-corrected chi connectivity index (χ2v) is 7.94. The molecule has 8 heteroatoms. The third-order valence-electron chi connectivity index (χ3n) is 5.70. The first-order valence-corrected chi connectivity index (χ1v) is 10.4. The lowest BCUT2D eigenvalue weighted by Crippen LogP contribution is -2.32. The van der Waals surface area contributed by atoms with Crippen molar-refractivity contribution >= 4 is 23.3 Å². The van der Waals surface area contributed by atoms with Crippen LogP contribution in [0.2, 0.25) is 0 Å². The average molecular weight is 437 g/mol. The number of thiocarbonyl (C=S) groups is 1. The fourth-order valence-corrected chi connectivity index (χ4v) is 4.66. The number of nitrogens with one attached hydrogen (secondary N) is 1. The number of β-amino-alcohol motifs (C(OH)–C–C–N with tert-alkyl or cyclic N) is 1. The van der Waals surface area contributed by atoms with Crippen molar-refractivity contribution in [3.05, 3.63) is 82.9 Å². The molecule has 2 aromatic heterocycles. The Morgan fingerprint density at radius 1 is 1.19 bits per heavy atom. The molecule has 0 spiro atoms. The summed E-state index contributed by atoms with van der Waals surface area (Å²) >= 11 is 5.59. The fourth-order valence-electron chi connectivity index (χ4n) is 4.33. The van der Waals surface area contributed by atoms with Gasteiger partial charge in [0.05, 0.1) is 29.9 Å². The zero-order valence-electron chi connectivity index (χ0n) is 17.3. The summed E-state index contributed by atoms with van der Waals surface area (Å²) in [7, 11) is 0. The van der Waals surface area contributed by atoms with Crippen molar-refractivity contribution in [1.29, 1.82) is 0 Å². The average Bonchev–Trinajstić information content (AvgIpc) is 3.24. The highest BCUT2D eigenvalue weighted by Crippen LogP contribution is 2.41. The Balaban J connectivity index is 1.80. The van der Waals surface area contributed by atoms with Gasteiger partial charge in [-0.2, -0.15) is 0 Å². The number of aromatic carboxylic acids is 1. The van der Waals surface area contributed by atoms with Crippen LogP contribution in [0, 0.1) is 13.8 Å². The Morgan fingerprint density at radius 2 is 1.94 bits per heavy atom. The molecular weight excluding hydrogens is 412 g/mol. The summed E-state index contributed by atoms with van der Waals surface area (Å²) in [6.07, 6.45) is 1.76. The van der Waals surface area contributed by atoms with Crippen LogP contribution in [-0.4, -0.2) is 48.9 Å². The van der Waals surface area contributed by atoms with Crippen molar-refractivity contribution in [1.82, 2.24) is 19.8 Å². The van der Waals surface area contributed by atoms with Gasteiger partial charge in [0.25, 0.3) is 0 Å². The van der Waals surface area contributed by atoms with Gasteiger partial charge in [0.2, 0.25) is 0 Å². The molecular formula is C23H24N4O3S. The van der Waals surface area contributed by atoms with Crippen molar-refractivity contribution in [2.24, 2.45) is 0 Å². The molecule has 3 heterocycles. The van der Waals surface area contributed by atoms with Gasteiger partial charge >= 0.3 is 5.97 Å². The summed E-state index contributed by atoms with van der Waals surface area (Å²) in [5.41, 5.74) is 5.16. The van der Waals surface area contributed by atoms with Crippen LogP contribution in [0.15, 0.2) is 54.7 Å². The number of rotatable bonds is 6. The zero-order chi connectivity index (χ0) is 22.1. The van der Waals surface area contributed by atoms with E-state index < -0.39 is 5.97 Å². The number of aliphatic hydroxyl groups is 1. The Hall–Kier alpha value is -3.23. The number of carboxylic acids is 1. The number of nitrogens with zero attached hydrogens (tertiary/aromatic N) is 3. The van der Waals surface area contributed by atoms with Gasteiger partial charge in [0.15, 0.2) is 5.11 Å². The Bertz CT molecular complexity index is 1110. The van der Waals surface area contributed by atoms with Gasteiger partial charge < -0.3 is 25.0 Å². The maximum absolute atomic E-state index is 11.2. The highest BCUT2D eigenvalue weighted by atomic mass is 32.1. The van der Waals surface area contributed by atoms with E-state index >= 15 is 0 Å². The molecule has 1 aromatic carbocycles. The standard InChI is InChI=1S/C23H24N4O3S/c1-14-13-18(15(2)27(14)17-8-6-16(7-9-17)22(29)30)21-20(19-5-3-4-10-24-19)25-23(31)26(21)11-12-28/h3-10,13,20-21,28H,11-12H2,1-2H3,(H,25,31)(H,29,30)/t20-,21-/m0/s1. The first-order chi connectivity index (χ1) is 14.9. The van der Waals surface area contributed by atoms with Crippen molar-refractivity contribution in [3.63, 3.8) is 0 Å². The van der Waals surface area contributed by atoms with Gasteiger partial charge in [0, 0.05) is 29.8 Å². The molecule has 1 fully saturated rings. The van der Waals surface area contributed by atoms with Crippen LogP contribution in [0.5, 0.6) is 0 Å². The molecule has 3 N–H and O–H groups in total. The minimum atomic E-state index is -0.948. The van der Waals surface area contributed by atoms with E-state index in [0.717, 1.165) is 28.3 Å². The predicted molar refractivity (Wildman–Crippen MR) is 121 cm³/mol. The molecule has 3 aromatic rings. The van der Waals surface area contributed by atoms with E-state index in [9.17, 15) is 15.0 Å².